The quantitative estimate of drug-likeness (QED) is 0.702. The smallest absolute Gasteiger partial charge is 0.0107 e. The van der Waals surface area contributed by atoms with Crippen LogP contribution in [0.1, 0.15) is 13.3 Å². The first-order valence-electron chi connectivity index (χ1n) is 7.56. The molecule has 2 aliphatic heterocycles. The van der Waals surface area contributed by atoms with Gasteiger partial charge in [0.15, 0.2) is 0 Å². The van der Waals surface area contributed by atoms with E-state index in [1.54, 1.807) is 0 Å². The number of hydrogen-bond acceptors (Lipinski definition) is 4. The van der Waals surface area contributed by atoms with E-state index in [1.165, 1.54) is 52.2 Å². The Morgan fingerprint density at radius 2 is 2.06 bits per heavy atom. The number of nitrogens with zero attached hydrogens (tertiary/aromatic N) is 2. The average molecular weight is 254 g/mol. The predicted octanol–water partition coefficient (Wildman–Crippen LogP) is 0.0690. The van der Waals surface area contributed by atoms with Gasteiger partial charge in [0.2, 0.25) is 0 Å². The monoisotopic (exact) mass is 254 g/mol. The van der Waals surface area contributed by atoms with Crippen molar-refractivity contribution in [1.82, 2.24) is 20.4 Å². The summed E-state index contributed by atoms with van der Waals surface area (Å²) < 4.78 is 0. The van der Waals surface area contributed by atoms with E-state index in [-0.39, 0.29) is 0 Å². The zero-order valence-corrected chi connectivity index (χ0v) is 12.1. The number of nitrogens with one attached hydrogen (secondary N) is 2. The summed E-state index contributed by atoms with van der Waals surface area (Å²) in [4.78, 5) is 5.03. The lowest BCUT2D eigenvalue weighted by atomic mass is 10.1. The maximum absolute atomic E-state index is 3.67. The third kappa shape index (κ3) is 4.84. The first kappa shape index (κ1) is 14.3. The van der Waals surface area contributed by atoms with Crippen LogP contribution < -0.4 is 10.6 Å². The fourth-order valence-corrected chi connectivity index (χ4v) is 3.13. The molecule has 2 N–H and O–H groups in total. The molecule has 0 radical (unpaired) electrons. The standard InChI is InChI=1S/C14H30N4/c1-13(11-18-7-4-15-5-8-18)9-16-10-14-3-6-17(2)12-14/h13-16H,3-12H2,1-2H3. The van der Waals surface area contributed by atoms with Crippen LogP contribution in [0.15, 0.2) is 0 Å². The molecule has 4 heteroatoms. The highest BCUT2D eigenvalue weighted by Gasteiger charge is 2.19. The van der Waals surface area contributed by atoms with Gasteiger partial charge in [0.1, 0.15) is 0 Å². The average Bonchev–Trinajstić information content (AvgIpc) is 2.76. The van der Waals surface area contributed by atoms with Gasteiger partial charge in [-0.15, -0.1) is 0 Å². The molecular formula is C14H30N4. The Balaban J connectivity index is 1.52. The van der Waals surface area contributed by atoms with Crippen molar-refractivity contribution in [1.29, 1.82) is 0 Å². The molecule has 2 heterocycles. The van der Waals surface area contributed by atoms with Gasteiger partial charge >= 0.3 is 0 Å². The topological polar surface area (TPSA) is 30.5 Å². The van der Waals surface area contributed by atoms with E-state index >= 15 is 0 Å². The van der Waals surface area contributed by atoms with E-state index in [0.717, 1.165) is 24.9 Å². The van der Waals surface area contributed by atoms with Crippen molar-refractivity contribution in [3.05, 3.63) is 0 Å². The molecule has 0 aromatic heterocycles. The van der Waals surface area contributed by atoms with E-state index in [2.05, 4.69) is 34.4 Å². The fraction of sp³-hybridized carbons (Fsp3) is 1.00. The van der Waals surface area contributed by atoms with Crippen LogP contribution in [0.3, 0.4) is 0 Å². The Morgan fingerprint density at radius 1 is 1.28 bits per heavy atom. The summed E-state index contributed by atoms with van der Waals surface area (Å²) in [5.41, 5.74) is 0. The summed E-state index contributed by atoms with van der Waals surface area (Å²) in [6, 6.07) is 0. The van der Waals surface area contributed by atoms with Crippen LogP contribution >= 0.6 is 0 Å². The number of piperazine rings is 1. The van der Waals surface area contributed by atoms with Crippen molar-refractivity contribution in [3.8, 4) is 0 Å². The largest absolute Gasteiger partial charge is 0.316 e. The lowest BCUT2D eigenvalue weighted by Gasteiger charge is -2.29. The highest BCUT2D eigenvalue weighted by atomic mass is 15.2. The minimum Gasteiger partial charge on any atom is -0.316 e. The third-order valence-corrected chi connectivity index (χ3v) is 4.19. The van der Waals surface area contributed by atoms with Gasteiger partial charge in [0, 0.05) is 39.3 Å². The van der Waals surface area contributed by atoms with Crippen LogP contribution in [0.2, 0.25) is 0 Å². The minimum atomic E-state index is 0.766. The lowest BCUT2D eigenvalue weighted by molar-refractivity contribution is 0.208. The molecule has 2 fully saturated rings. The van der Waals surface area contributed by atoms with Crippen molar-refractivity contribution >= 4 is 0 Å². The predicted molar refractivity (Wildman–Crippen MR) is 76.9 cm³/mol. The summed E-state index contributed by atoms with van der Waals surface area (Å²) in [7, 11) is 2.23. The van der Waals surface area contributed by atoms with Gasteiger partial charge in [-0.3, -0.25) is 0 Å². The summed E-state index contributed by atoms with van der Waals surface area (Å²) in [6.45, 7) is 13.3. The van der Waals surface area contributed by atoms with Crippen LogP contribution in [0.4, 0.5) is 0 Å². The van der Waals surface area contributed by atoms with Gasteiger partial charge in [-0.2, -0.15) is 0 Å². The molecule has 2 saturated heterocycles. The van der Waals surface area contributed by atoms with E-state index in [4.69, 9.17) is 0 Å². The molecule has 0 spiro atoms. The second-order valence-electron chi connectivity index (χ2n) is 6.23. The summed E-state index contributed by atoms with van der Waals surface area (Å²) in [5, 5.41) is 7.08. The summed E-state index contributed by atoms with van der Waals surface area (Å²) in [5.74, 6) is 1.64. The molecule has 2 aliphatic rings. The number of likely N-dealkylation sites (tertiary alicyclic amines) is 1. The second kappa shape index (κ2) is 7.43. The van der Waals surface area contributed by atoms with Crippen LogP contribution in [-0.4, -0.2) is 75.8 Å². The zero-order chi connectivity index (χ0) is 12.8. The van der Waals surface area contributed by atoms with Crippen LogP contribution in [-0.2, 0) is 0 Å². The molecule has 0 aromatic carbocycles. The second-order valence-corrected chi connectivity index (χ2v) is 6.23. The Hall–Kier alpha value is -0.160. The van der Waals surface area contributed by atoms with Gasteiger partial charge in [0.25, 0.3) is 0 Å². The molecule has 2 atom stereocenters. The zero-order valence-electron chi connectivity index (χ0n) is 12.1. The van der Waals surface area contributed by atoms with Crippen LogP contribution in [0.5, 0.6) is 0 Å². The fourth-order valence-electron chi connectivity index (χ4n) is 3.13. The van der Waals surface area contributed by atoms with E-state index in [9.17, 15) is 0 Å². The summed E-state index contributed by atoms with van der Waals surface area (Å²) in [6.07, 6.45) is 1.37. The van der Waals surface area contributed by atoms with Gasteiger partial charge < -0.3 is 20.4 Å². The van der Waals surface area contributed by atoms with Crippen molar-refractivity contribution in [2.45, 2.75) is 13.3 Å². The Kier molecular flexibility index (Phi) is 5.89. The molecule has 2 unspecified atom stereocenters. The lowest BCUT2D eigenvalue weighted by Crippen LogP contribution is -2.46. The first-order chi connectivity index (χ1) is 8.74. The minimum absolute atomic E-state index is 0.766. The highest BCUT2D eigenvalue weighted by molar-refractivity contribution is 4.76. The van der Waals surface area contributed by atoms with E-state index < -0.39 is 0 Å². The molecule has 0 aromatic rings. The molecule has 0 amide bonds. The maximum atomic E-state index is 3.67. The van der Waals surface area contributed by atoms with Crippen LogP contribution in [0.25, 0.3) is 0 Å². The van der Waals surface area contributed by atoms with Crippen molar-refractivity contribution in [2.75, 3.05) is 66.0 Å². The van der Waals surface area contributed by atoms with Crippen molar-refractivity contribution < 1.29 is 0 Å². The molecular weight excluding hydrogens is 224 g/mol. The highest BCUT2D eigenvalue weighted by Crippen LogP contribution is 2.12. The van der Waals surface area contributed by atoms with E-state index in [0.29, 0.717) is 0 Å². The van der Waals surface area contributed by atoms with Gasteiger partial charge in [-0.05, 0) is 44.9 Å². The number of rotatable bonds is 6. The van der Waals surface area contributed by atoms with Crippen molar-refractivity contribution in [2.24, 2.45) is 11.8 Å². The molecule has 2 rings (SSSR count). The van der Waals surface area contributed by atoms with E-state index in [1.807, 2.05) is 0 Å². The summed E-state index contributed by atoms with van der Waals surface area (Å²) >= 11 is 0. The first-order valence-corrected chi connectivity index (χ1v) is 7.56. The molecule has 4 nitrogen and oxygen atoms in total. The Bertz CT molecular complexity index is 228. The molecule has 0 aliphatic carbocycles. The molecule has 18 heavy (non-hydrogen) atoms. The van der Waals surface area contributed by atoms with Gasteiger partial charge in [-0.25, -0.2) is 0 Å². The van der Waals surface area contributed by atoms with Gasteiger partial charge in [0.05, 0.1) is 0 Å². The molecule has 0 saturated carbocycles. The normalized spacial score (nSPS) is 28.7. The molecule has 0 bridgehead atoms. The maximum Gasteiger partial charge on any atom is 0.0107 e. The Labute approximate surface area is 112 Å². The van der Waals surface area contributed by atoms with Crippen molar-refractivity contribution in [3.63, 3.8) is 0 Å². The number of hydrogen-bond donors (Lipinski definition) is 2. The van der Waals surface area contributed by atoms with Crippen LogP contribution in [0, 0.1) is 11.8 Å². The molecule has 106 valence electrons. The van der Waals surface area contributed by atoms with Gasteiger partial charge in [-0.1, -0.05) is 6.92 Å². The SMILES string of the molecule is CC(CNCC1CCN(C)C1)CN1CCNCC1. The third-order valence-electron chi connectivity index (χ3n) is 4.19. The Morgan fingerprint density at radius 3 is 2.72 bits per heavy atom.